The summed E-state index contributed by atoms with van der Waals surface area (Å²) in [6, 6.07) is 4.22. The average Bonchev–Trinajstić information content (AvgIpc) is 2.64. The van der Waals surface area contributed by atoms with E-state index in [4.69, 9.17) is 0 Å². The normalized spacial score (nSPS) is 15.5. The van der Waals surface area contributed by atoms with Crippen LogP contribution in [-0.2, 0) is 6.42 Å². The van der Waals surface area contributed by atoms with Crippen LogP contribution in [0.5, 0.6) is 0 Å². The van der Waals surface area contributed by atoms with Crippen LogP contribution in [0.2, 0.25) is 0 Å². The molecule has 0 saturated carbocycles. The first-order chi connectivity index (χ1) is 7.02. The molecule has 1 aromatic rings. The summed E-state index contributed by atoms with van der Waals surface area (Å²) in [5, 5.41) is 15.4. The maximum atomic E-state index is 9.99. The van der Waals surface area contributed by atoms with Crippen molar-refractivity contribution in [2.75, 3.05) is 13.1 Å². The standard InChI is InChI=1S/C12H21NOS/c1-10(2)12(3,14)9-13-7-6-11-5-4-8-15-11/h4-5,8,10,13-14H,6-7,9H2,1-3H3. The Morgan fingerprint density at radius 2 is 2.27 bits per heavy atom. The maximum absolute atomic E-state index is 9.99. The SMILES string of the molecule is CC(C)C(C)(O)CNCCc1cccs1. The summed E-state index contributed by atoms with van der Waals surface area (Å²) in [6.07, 6.45) is 1.05. The molecule has 15 heavy (non-hydrogen) atoms. The number of rotatable bonds is 6. The van der Waals surface area contributed by atoms with Crippen molar-refractivity contribution < 1.29 is 5.11 Å². The predicted octanol–water partition coefficient (Wildman–Crippen LogP) is 2.29. The van der Waals surface area contributed by atoms with Gasteiger partial charge in [-0.1, -0.05) is 19.9 Å². The van der Waals surface area contributed by atoms with E-state index >= 15 is 0 Å². The molecule has 0 bridgehead atoms. The van der Waals surface area contributed by atoms with E-state index in [9.17, 15) is 5.11 Å². The lowest BCUT2D eigenvalue weighted by Crippen LogP contribution is -2.42. The Morgan fingerprint density at radius 3 is 2.80 bits per heavy atom. The van der Waals surface area contributed by atoms with Gasteiger partial charge >= 0.3 is 0 Å². The van der Waals surface area contributed by atoms with Gasteiger partial charge in [0.2, 0.25) is 0 Å². The van der Waals surface area contributed by atoms with Gasteiger partial charge < -0.3 is 10.4 Å². The highest BCUT2D eigenvalue weighted by Crippen LogP contribution is 2.14. The first-order valence-electron chi connectivity index (χ1n) is 5.48. The summed E-state index contributed by atoms with van der Waals surface area (Å²) in [5.74, 6) is 0.284. The van der Waals surface area contributed by atoms with E-state index in [2.05, 4.69) is 22.8 Å². The lowest BCUT2D eigenvalue weighted by molar-refractivity contribution is 0.0145. The van der Waals surface area contributed by atoms with Crippen LogP contribution in [0.4, 0.5) is 0 Å². The molecule has 86 valence electrons. The molecule has 2 nitrogen and oxygen atoms in total. The summed E-state index contributed by atoms with van der Waals surface area (Å²) in [5.41, 5.74) is -0.602. The third-order valence-electron chi connectivity index (χ3n) is 2.85. The van der Waals surface area contributed by atoms with Gasteiger partial charge in [-0.05, 0) is 30.7 Å². The number of hydrogen-bond acceptors (Lipinski definition) is 3. The minimum Gasteiger partial charge on any atom is -0.389 e. The molecule has 0 aliphatic heterocycles. The van der Waals surface area contributed by atoms with E-state index < -0.39 is 5.60 Å². The Hall–Kier alpha value is -0.380. The van der Waals surface area contributed by atoms with Gasteiger partial charge in [0.15, 0.2) is 0 Å². The van der Waals surface area contributed by atoms with E-state index in [1.165, 1.54) is 4.88 Å². The van der Waals surface area contributed by atoms with Crippen molar-refractivity contribution in [1.29, 1.82) is 0 Å². The number of nitrogens with one attached hydrogen (secondary N) is 1. The lowest BCUT2D eigenvalue weighted by atomic mass is 9.92. The van der Waals surface area contributed by atoms with Crippen molar-refractivity contribution in [3.8, 4) is 0 Å². The van der Waals surface area contributed by atoms with Gasteiger partial charge in [-0.25, -0.2) is 0 Å². The van der Waals surface area contributed by atoms with Crippen LogP contribution >= 0.6 is 11.3 Å². The molecular weight excluding hydrogens is 206 g/mol. The molecule has 1 heterocycles. The van der Waals surface area contributed by atoms with Crippen LogP contribution in [0.1, 0.15) is 25.6 Å². The Balaban J connectivity index is 2.17. The van der Waals surface area contributed by atoms with Gasteiger partial charge in [-0.3, -0.25) is 0 Å². The Labute approximate surface area is 96.3 Å². The fraction of sp³-hybridized carbons (Fsp3) is 0.667. The molecule has 0 fully saturated rings. The molecule has 3 heteroatoms. The lowest BCUT2D eigenvalue weighted by Gasteiger charge is -2.27. The monoisotopic (exact) mass is 227 g/mol. The number of hydrogen-bond donors (Lipinski definition) is 2. The number of thiophene rings is 1. The zero-order valence-corrected chi connectivity index (χ0v) is 10.6. The molecule has 1 rings (SSSR count). The summed E-state index contributed by atoms with van der Waals surface area (Å²) in [6.45, 7) is 7.57. The molecule has 2 N–H and O–H groups in total. The first-order valence-corrected chi connectivity index (χ1v) is 6.36. The van der Waals surface area contributed by atoms with Crippen molar-refractivity contribution in [3.05, 3.63) is 22.4 Å². The van der Waals surface area contributed by atoms with Gasteiger partial charge in [0, 0.05) is 18.0 Å². The topological polar surface area (TPSA) is 32.3 Å². The summed E-state index contributed by atoms with van der Waals surface area (Å²) in [7, 11) is 0. The molecule has 0 spiro atoms. The second-order valence-corrected chi connectivity index (χ2v) is 5.55. The van der Waals surface area contributed by atoms with Crippen molar-refractivity contribution in [2.24, 2.45) is 5.92 Å². The average molecular weight is 227 g/mol. The summed E-state index contributed by atoms with van der Waals surface area (Å²) in [4.78, 5) is 1.40. The number of aliphatic hydroxyl groups is 1. The highest BCUT2D eigenvalue weighted by molar-refractivity contribution is 7.09. The molecule has 0 amide bonds. The van der Waals surface area contributed by atoms with Crippen molar-refractivity contribution >= 4 is 11.3 Å². The van der Waals surface area contributed by atoms with Gasteiger partial charge in [0.05, 0.1) is 5.60 Å². The van der Waals surface area contributed by atoms with E-state index in [1.807, 2.05) is 20.8 Å². The minimum absolute atomic E-state index is 0.284. The highest BCUT2D eigenvalue weighted by Gasteiger charge is 2.23. The molecule has 1 aromatic heterocycles. The predicted molar refractivity (Wildman–Crippen MR) is 66.4 cm³/mol. The molecule has 0 aromatic carbocycles. The van der Waals surface area contributed by atoms with Crippen LogP contribution in [-0.4, -0.2) is 23.8 Å². The van der Waals surface area contributed by atoms with Crippen molar-refractivity contribution in [3.63, 3.8) is 0 Å². The van der Waals surface area contributed by atoms with Gasteiger partial charge in [-0.15, -0.1) is 11.3 Å². The van der Waals surface area contributed by atoms with E-state index in [0.717, 1.165) is 13.0 Å². The van der Waals surface area contributed by atoms with Gasteiger partial charge in [0.25, 0.3) is 0 Å². The molecule has 0 radical (unpaired) electrons. The van der Waals surface area contributed by atoms with Crippen LogP contribution in [0.25, 0.3) is 0 Å². The third kappa shape index (κ3) is 4.33. The van der Waals surface area contributed by atoms with Crippen LogP contribution in [0.3, 0.4) is 0 Å². The largest absolute Gasteiger partial charge is 0.389 e. The van der Waals surface area contributed by atoms with E-state index in [-0.39, 0.29) is 5.92 Å². The zero-order valence-electron chi connectivity index (χ0n) is 9.79. The molecule has 1 atom stereocenters. The van der Waals surface area contributed by atoms with Crippen LogP contribution < -0.4 is 5.32 Å². The maximum Gasteiger partial charge on any atom is 0.0766 e. The molecular formula is C12H21NOS. The van der Waals surface area contributed by atoms with Crippen molar-refractivity contribution in [1.82, 2.24) is 5.32 Å². The van der Waals surface area contributed by atoms with E-state index in [0.29, 0.717) is 6.54 Å². The Kier molecular flexibility index (Phi) is 4.77. The Bertz CT molecular complexity index is 267. The van der Waals surface area contributed by atoms with Crippen LogP contribution in [0.15, 0.2) is 17.5 Å². The van der Waals surface area contributed by atoms with Crippen LogP contribution in [0, 0.1) is 5.92 Å². The first kappa shape index (κ1) is 12.7. The summed E-state index contributed by atoms with van der Waals surface area (Å²) < 4.78 is 0. The van der Waals surface area contributed by atoms with Gasteiger partial charge in [0.1, 0.15) is 0 Å². The molecule has 0 aliphatic carbocycles. The quantitative estimate of drug-likeness (QED) is 0.731. The smallest absolute Gasteiger partial charge is 0.0766 e. The fourth-order valence-corrected chi connectivity index (χ4v) is 1.92. The van der Waals surface area contributed by atoms with E-state index in [1.54, 1.807) is 11.3 Å². The van der Waals surface area contributed by atoms with Crippen molar-refractivity contribution in [2.45, 2.75) is 32.8 Å². The third-order valence-corrected chi connectivity index (χ3v) is 3.79. The second-order valence-electron chi connectivity index (χ2n) is 4.52. The fourth-order valence-electron chi connectivity index (χ4n) is 1.21. The summed E-state index contributed by atoms with van der Waals surface area (Å²) >= 11 is 1.78. The zero-order chi connectivity index (χ0) is 11.3. The molecule has 1 unspecified atom stereocenters. The second kappa shape index (κ2) is 5.64. The Morgan fingerprint density at radius 1 is 1.53 bits per heavy atom. The van der Waals surface area contributed by atoms with Gasteiger partial charge in [-0.2, -0.15) is 0 Å². The molecule has 0 saturated heterocycles. The highest BCUT2D eigenvalue weighted by atomic mass is 32.1. The minimum atomic E-state index is -0.602. The molecule has 0 aliphatic rings.